The maximum atomic E-state index is 14.0. The van der Waals surface area contributed by atoms with Crippen molar-refractivity contribution in [1.29, 1.82) is 0 Å². The van der Waals surface area contributed by atoms with Crippen LogP contribution in [0, 0.1) is 23.0 Å². The van der Waals surface area contributed by atoms with Gasteiger partial charge in [0.1, 0.15) is 0 Å². The summed E-state index contributed by atoms with van der Waals surface area (Å²) >= 11 is 0. The lowest BCUT2D eigenvalue weighted by Crippen LogP contribution is -2.50. The first-order valence-electron chi connectivity index (χ1n) is 9.01. The molecule has 3 aliphatic rings. The lowest BCUT2D eigenvalue weighted by molar-refractivity contribution is -0.147. The molecule has 134 valence electrons. The van der Waals surface area contributed by atoms with Crippen LogP contribution in [-0.2, 0) is 16.1 Å². The predicted octanol–water partition coefficient (Wildman–Crippen LogP) is 2.72. The van der Waals surface area contributed by atoms with E-state index in [1.807, 2.05) is 4.90 Å². The number of carbonyl (C=O) groups excluding carboxylic acids is 2. The van der Waals surface area contributed by atoms with Crippen LogP contribution in [0.25, 0.3) is 0 Å². The number of amides is 2. The van der Waals surface area contributed by atoms with Gasteiger partial charge in [-0.15, -0.1) is 0 Å². The molecule has 4 rings (SSSR count). The van der Waals surface area contributed by atoms with Gasteiger partial charge in [-0.05, 0) is 38.2 Å². The summed E-state index contributed by atoms with van der Waals surface area (Å²) in [5.41, 5.74) is -0.332. The van der Waals surface area contributed by atoms with Crippen LogP contribution in [0.4, 0.5) is 8.78 Å². The molecule has 25 heavy (non-hydrogen) atoms. The molecule has 1 spiro atoms. The van der Waals surface area contributed by atoms with Crippen molar-refractivity contribution < 1.29 is 18.4 Å². The van der Waals surface area contributed by atoms with Gasteiger partial charge < -0.3 is 9.80 Å². The molecule has 1 atom stereocenters. The Hall–Kier alpha value is -1.98. The fourth-order valence-electron chi connectivity index (χ4n) is 4.21. The normalized spacial score (nSPS) is 26.6. The third-order valence-electron chi connectivity index (χ3n) is 5.81. The Morgan fingerprint density at radius 3 is 2.76 bits per heavy atom. The second-order valence-electron chi connectivity index (χ2n) is 7.61. The number of hydrogen-bond donors (Lipinski definition) is 0. The zero-order valence-electron chi connectivity index (χ0n) is 14.1. The van der Waals surface area contributed by atoms with Crippen molar-refractivity contribution in [2.24, 2.45) is 11.3 Å². The number of carbonyl (C=O) groups is 2. The smallest absolute Gasteiger partial charge is 0.230 e. The van der Waals surface area contributed by atoms with Gasteiger partial charge in [-0.3, -0.25) is 9.59 Å². The average molecular weight is 348 g/mol. The number of nitrogens with zero attached hydrogens (tertiary/aromatic N) is 2. The second-order valence-corrected chi connectivity index (χ2v) is 7.61. The molecule has 0 radical (unpaired) electrons. The van der Waals surface area contributed by atoms with Gasteiger partial charge >= 0.3 is 0 Å². The molecule has 3 fully saturated rings. The minimum atomic E-state index is -0.890. The highest BCUT2D eigenvalue weighted by molar-refractivity contribution is 5.87. The highest BCUT2D eigenvalue weighted by atomic mass is 19.2. The highest BCUT2D eigenvalue weighted by Crippen LogP contribution is 2.42. The number of halogens is 2. The van der Waals surface area contributed by atoms with Crippen LogP contribution < -0.4 is 0 Å². The first-order chi connectivity index (χ1) is 12.0. The van der Waals surface area contributed by atoms with Gasteiger partial charge in [0.25, 0.3) is 0 Å². The summed E-state index contributed by atoms with van der Waals surface area (Å²) in [5.74, 6) is -1.46. The molecular formula is C19H22F2N2O2. The molecule has 1 aromatic rings. The maximum Gasteiger partial charge on any atom is 0.230 e. The van der Waals surface area contributed by atoms with E-state index >= 15 is 0 Å². The van der Waals surface area contributed by atoms with E-state index in [0.717, 1.165) is 31.7 Å². The molecular weight excluding hydrogens is 326 g/mol. The Balaban J connectivity index is 1.49. The average Bonchev–Trinajstić information content (AvgIpc) is 3.36. The Morgan fingerprint density at radius 1 is 1.20 bits per heavy atom. The molecule has 4 nitrogen and oxygen atoms in total. The second kappa shape index (κ2) is 6.07. The summed E-state index contributed by atoms with van der Waals surface area (Å²) < 4.78 is 27.4. The van der Waals surface area contributed by atoms with Gasteiger partial charge in [0.05, 0.1) is 5.41 Å². The van der Waals surface area contributed by atoms with E-state index in [4.69, 9.17) is 0 Å². The van der Waals surface area contributed by atoms with Gasteiger partial charge in [0, 0.05) is 37.7 Å². The summed E-state index contributed by atoms with van der Waals surface area (Å²) in [4.78, 5) is 28.8. The summed E-state index contributed by atoms with van der Waals surface area (Å²) in [6.07, 6.45) is 4.19. The number of likely N-dealkylation sites (tertiary alicyclic amines) is 2. The molecule has 2 amide bonds. The Labute approximate surface area is 145 Å². The molecule has 0 unspecified atom stereocenters. The van der Waals surface area contributed by atoms with E-state index in [-0.39, 0.29) is 29.8 Å². The van der Waals surface area contributed by atoms with E-state index in [9.17, 15) is 18.4 Å². The summed E-state index contributed by atoms with van der Waals surface area (Å²) in [6, 6.07) is 4.06. The van der Waals surface area contributed by atoms with E-state index in [1.54, 1.807) is 4.90 Å². The summed E-state index contributed by atoms with van der Waals surface area (Å²) in [7, 11) is 0. The molecule has 0 N–H and O–H groups in total. The van der Waals surface area contributed by atoms with Gasteiger partial charge in [0.2, 0.25) is 11.8 Å². The minimum absolute atomic E-state index is 0.0199. The summed E-state index contributed by atoms with van der Waals surface area (Å²) in [5, 5.41) is 0. The third-order valence-corrected chi connectivity index (χ3v) is 5.81. The maximum absolute atomic E-state index is 14.0. The molecule has 1 aromatic carbocycles. The van der Waals surface area contributed by atoms with Crippen molar-refractivity contribution in [2.45, 2.75) is 38.6 Å². The van der Waals surface area contributed by atoms with Gasteiger partial charge in [-0.2, -0.15) is 0 Å². The fourth-order valence-corrected chi connectivity index (χ4v) is 4.21. The molecule has 1 aliphatic carbocycles. The third kappa shape index (κ3) is 2.92. The SMILES string of the molecule is O=C(C1CC1)N1CC[C@@]2(CCCN(Cc3cccc(F)c3F)C2=O)C1. The topological polar surface area (TPSA) is 40.6 Å². The van der Waals surface area contributed by atoms with Crippen LogP contribution in [0.5, 0.6) is 0 Å². The molecule has 0 bridgehead atoms. The van der Waals surface area contributed by atoms with Gasteiger partial charge in [-0.1, -0.05) is 12.1 Å². The fraction of sp³-hybridized carbons (Fsp3) is 0.579. The first kappa shape index (κ1) is 16.5. The number of rotatable bonds is 3. The Kier molecular flexibility index (Phi) is 4.01. The minimum Gasteiger partial charge on any atom is -0.341 e. The monoisotopic (exact) mass is 348 g/mol. The van der Waals surface area contributed by atoms with E-state index in [0.29, 0.717) is 26.1 Å². The standard InChI is InChI=1S/C19H22F2N2O2/c20-15-4-1-3-14(16(15)21)11-22-9-2-7-19(18(22)25)8-10-23(12-19)17(24)13-5-6-13/h1,3-4,13H,2,5-12H2/t19-/m0/s1. The van der Waals surface area contributed by atoms with E-state index in [1.165, 1.54) is 12.1 Å². The molecule has 6 heteroatoms. The van der Waals surface area contributed by atoms with Crippen molar-refractivity contribution >= 4 is 11.8 Å². The highest BCUT2D eigenvalue weighted by Gasteiger charge is 2.50. The van der Waals surface area contributed by atoms with Crippen LogP contribution in [0.2, 0.25) is 0 Å². The van der Waals surface area contributed by atoms with Crippen molar-refractivity contribution in [1.82, 2.24) is 9.80 Å². The van der Waals surface area contributed by atoms with Crippen molar-refractivity contribution in [3.8, 4) is 0 Å². The first-order valence-corrected chi connectivity index (χ1v) is 9.01. The summed E-state index contributed by atoms with van der Waals surface area (Å²) in [6.45, 7) is 1.74. The number of piperidine rings is 1. The van der Waals surface area contributed by atoms with Crippen molar-refractivity contribution in [2.75, 3.05) is 19.6 Å². The van der Waals surface area contributed by atoms with Crippen molar-refractivity contribution in [3.05, 3.63) is 35.4 Å². The largest absolute Gasteiger partial charge is 0.341 e. The molecule has 1 saturated carbocycles. The lowest BCUT2D eigenvalue weighted by Gasteiger charge is -2.39. The van der Waals surface area contributed by atoms with Gasteiger partial charge in [0.15, 0.2) is 11.6 Å². The van der Waals surface area contributed by atoms with Crippen LogP contribution in [-0.4, -0.2) is 41.2 Å². The Morgan fingerprint density at radius 2 is 2.00 bits per heavy atom. The number of benzene rings is 1. The lowest BCUT2D eigenvalue weighted by atomic mass is 9.78. The molecule has 2 saturated heterocycles. The van der Waals surface area contributed by atoms with Crippen LogP contribution in [0.3, 0.4) is 0 Å². The number of hydrogen-bond acceptors (Lipinski definition) is 2. The van der Waals surface area contributed by atoms with E-state index < -0.39 is 17.0 Å². The van der Waals surface area contributed by atoms with Crippen molar-refractivity contribution in [3.63, 3.8) is 0 Å². The van der Waals surface area contributed by atoms with Gasteiger partial charge in [-0.25, -0.2) is 8.78 Å². The zero-order valence-corrected chi connectivity index (χ0v) is 14.1. The quantitative estimate of drug-likeness (QED) is 0.843. The van der Waals surface area contributed by atoms with E-state index in [2.05, 4.69) is 0 Å². The zero-order chi connectivity index (χ0) is 17.6. The molecule has 2 heterocycles. The van der Waals surface area contributed by atoms with Crippen LogP contribution >= 0.6 is 0 Å². The predicted molar refractivity (Wildman–Crippen MR) is 87.4 cm³/mol. The molecule has 2 aliphatic heterocycles. The van der Waals surface area contributed by atoms with Crippen LogP contribution in [0.1, 0.15) is 37.7 Å². The van der Waals surface area contributed by atoms with Crippen LogP contribution in [0.15, 0.2) is 18.2 Å². The Bertz CT molecular complexity index is 719. The molecule has 0 aromatic heterocycles.